The largest absolute Gasteiger partial charge is 0.491 e. The molecule has 184 valence electrons. The van der Waals surface area contributed by atoms with Crippen LogP contribution >= 0.6 is 0 Å². The van der Waals surface area contributed by atoms with Gasteiger partial charge in [0.05, 0.1) is 42.2 Å². The van der Waals surface area contributed by atoms with Crippen LogP contribution in [0.4, 0.5) is 0 Å². The SMILES string of the molecule is CCc1c2c(nc3ccc(OCCOCCN)cc13)-c1cc3c(c(=O)n1C2)COC(=O)[C@]3(O)CC. The summed E-state index contributed by atoms with van der Waals surface area (Å²) in [5.74, 6) is -0.00569. The molecule has 0 spiro atoms. The van der Waals surface area contributed by atoms with Gasteiger partial charge >= 0.3 is 5.97 Å². The minimum Gasteiger partial charge on any atom is -0.491 e. The number of benzene rings is 1. The lowest BCUT2D eigenvalue weighted by atomic mass is 9.86. The molecular weight excluding hydrogens is 450 g/mol. The summed E-state index contributed by atoms with van der Waals surface area (Å²) in [6.45, 7) is 5.84. The number of ether oxygens (including phenoxy) is 3. The molecule has 1 atom stereocenters. The third-order valence-corrected chi connectivity index (χ3v) is 6.89. The van der Waals surface area contributed by atoms with Crippen molar-refractivity contribution < 1.29 is 24.1 Å². The van der Waals surface area contributed by atoms with E-state index < -0.39 is 11.6 Å². The minimum atomic E-state index is -1.84. The van der Waals surface area contributed by atoms with Crippen molar-refractivity contribution in [2.45, 2.75) is 45.4 Å². The fraction of sp³-hybridized carbons (Fsp3) is 0.423. The third-order valence-electron chi connectivity index (χ3n) is 6.89. The van der Waals surface area contributed by atoms with Crippen LogP contribution in [0.2, 0.25) is 0 Å². The van der Waals surface area contributed by atoms with Crippen LogP contribution in [0.25, 0.3) is 22.3 Å². The molecule has 0 radical (unpaired) electrons. The number of nitrogens with zero attached hydrogens (tertiary/aromatic N) is 2. The van der Waals surface area contributed by atoms with Gasteiger partial charge in [0, 0.05) is 23.1 Å². The molecule has 0 unspecified atom stereocenters. The number of esters is 1. The number of fused-ring (bicyclic) bond motifs is 5. The molecule has 0 amide bonds. The van der Waals surface area contributed by atoms with Crippen LogP contribution < -0.4 is 16.0 Å². The summed E-state index contributed by atoms with van der Waals surface area (Å²) in [6.07, 6.45) is 0.855. The first kappa shape index (κ1) is 23.5. The quantitative estimate of drug-likeness (QED) is 0.290. The Bertz CT molecular complexity index is 1380. The van der Waals surface area contributed by atoms with Crippen molar-refractivity contribution in [2.24, 2.45) is 5.73 Å². The third kappa shape index (κ3) is 3.71. The van der Waals surface area contributed by atoms with E-state index in [0.29, 0.717) is 55.4 Å². The molecule has 0 fully saturated rings. The lowest BCUT2D eigenvalue weighted by molar-refractivity contribution is -0.172. The highest BCUT2D eigenvalue weighted by molar-refractivity contribution is 5.90. The van der Waals surface area contributed by atoms with Crippen LogP contribution in [0.3, 0.4) is 0 Å². The fourth-order valence-corrected chi connectivity index (χ4v) is 5.04. The smallest absolute Gasteiger partial charge is 0.343 e. The van der Waals surface area contributed by atoms with E-state index in [9.17, 15) is 14.7 Å². The zero-order chi connectivity index (χ0) is 24.7. The number of aliphatic hydroxyl groups is 1. The number of hydrogen-bond donors (Lipinski definition) is 2. The van der Waals surface area contributed by atoms with Crippen molar-refractivity contribution >= 4 is 16.9 Å². The molecule has 2 aliphatic heterocycles. The minimum absolute atomic E-state index is 0.111. The lowest BCUT2D eigenvalue weighted by Crippen LogP contribution is -2.44. The van der Waals surface area contributed by atoms with Crippen molar-refractivity contribution in [3.63, 3.8) is 0 Å². The van der Waals surface area contributed by atoms with Crippen LogP contribution in [-0.4, -0.2) is 47.0 Å². The molecule has 9 heteroatoms. The molecule has 4 heterocycles. The summed E-state index contributed by atoms with van der Waals surface area (Å²) < 4.78 is 18.0. The number of carbonyl (C=O) groups is 1. The van der Waals surface area contributed by atoms with E-state index in [4.69, 9.17) is 24.9 Å². The first-order valence-corrected chi connectivity index (χ1v) is 12.0. The topological polar surface area (TPSA) is 126 Å². The summed E-state index contributed by atoms with van der Waals surface area (Å²) in [6, 6.07) is 7.49. The predicted octanol–water partition coefficient (Wildman–Crippen LogP) is 2.00. The molecule has 0 saturated carbocycles. The molecule has 35 heavy (non-hydrogen) atoms. The van der Waals surface area contributed by atoms with Gasteiger partial charge in [-0.2, -0.15) is 0 Å². The highest BCUT2D eigenvalue weighted by atomic mass is 16.6. The van der Waals surface area contributed by atoms with Crippen molar-refractivity contribution in [3.05, 3.63) is 56.9 Å². The van der Waals surface area contributed by atoms with E-state index in [-0.39, 0.29) is 18.6 Å². The molecule has 5 rings (SSSR count). The Morgan fingerprint density at radius 1 is 1.17 bits per heavy atom. The average molecular weight is 480 g/mol. The summed E-state index contributed by atoms with van der Waals surface area (Å²) in [5.41, 5.74) is 8.14. The van der Waals surface area contributed by atoms with E-state index in [1.54, 1.807) is 17.6 Å². The molecule has 2 aromatic heterocycles. The van der Waals surface area contributed by atoms with Gasteiger partial charge in [0.25, 0.3) is 5.56 Å². The zero-order valence-electron chi connectivity index (χ0n) is 19.9. The highest BCUT2D eigenvalue weighted by Gasteiger charge is 2.45. The normalized spacial score (nSPS) is 18.2. The Balaban J connectivity index is 1.59. The Kier molecular flexibility index (Phi) is 6.08. The van der Waals surface area contributed by atoms with Gasteiger partial charge in [-0.15, -0.1) is 0 Å². The van der Waals surface area contributed by atoms with Crippen LogP contribution in [0.1, 0.15) is 42.5 Å². The van der Waals surface area contributed by atoms with E-state index in [0.717, 1.165) is 34.2 Å². The Labute approximate surface area is 202 Å². The standard InChI is InChI=1S/C26H29N3O6/c1-3-16-17-11-15(34-10-9-33-8-7-27)5-6-21(17)28-23-18(16)13-29-22(23)12-20-19(24(29)30)14-35-25(31)26(20,32)4-2/h5-6,11-12,32H,3-4,7-10,13-14,27H2,1-2H3/t26-/m0/s1. The fourth-order valence-electron chi connectivity index (χ4n) is 5.04. The van der Waals surface area contributed by atoms with E-state index in [1.807, 2.05) is 18.2 Å². The molecule has 1 aromatic carbocycles. The summed E-state index contributed by atoms with van der Waals surface area (Å²) in [5, 5.41) is 12.0. The van der Waals surface area contributed by atoms with E-state index in [2.05, 4.69) is 6.92 Å². The molecule has 0 aliphatic carbocycles. The second kappa shape index (κ2) is 9.07. The number of aryl methyl sites for hydroxylation is 1. The molecule has 3 aromatic rings. The number of rotatable bonds is 8. The van der Waals surface area contributed by atoms with Gasteiger partial charge in [-0.05, 0) is 42.7 Å². The van der Waals surface area contributed by atoms with E-state index >= 15 is 0 Å². The van der Waals surface area contributed by atoms with E-state index in [1.165, 1.54) is 0 Å². The molecule has 9 nitrogen and oxygen atoms in total. The number of hydrogen-bond acceptors (Lipinski definition) is 8. The number of pyridine rings is 2. The van der Waals surface area contributed by atoms with Gasteiger partial charge in [-0.1, -0.05) is 13.8 Å². The van der Waals surface area contributed by atoms with Crippen LogP contribution in [-0.2, 0) is 39.4 Å². The van der Waals surface area contributed by atoms with Crippen molar-refractivity contribution in [1.29, 1.82) is 0 Å². The maximum Gasteiger partial charge on any atom is 0.343 e. The van der Waals surface area contributed by atoms with Gasteiger partial charge in [0.15, 0.2) is 5.60 Å². The van der Waals surface area contributed by atoms with Crippen molar-refractivity contribution in [1.82, 2.24) is 9.55 Å². The van der Waals surface area contributed by atoms with Crippen LogP contribution in [0.5, 0.6) is 5.75 Å². The van der Waals surface area contributed by atoms with Gasteiger partial charge in [-0.3, -0.25) is 4.79 Å². The Morgan fingerprint density at radius 2 is 2.00 bits per heavy atom. The number of cyclic esters (lactones) is 1. The van der Waals surface area contributed by atoms with Gasteiger partial charge in [-0.25, -0.2) is 9.78 Å². The second-order valence-electron chi connectivity index (χ2n) is 8.80. The summed E-state index contributed by atoms with van der Waals surface area (Å²) >= 11 is 0. The lowest BCUT2D eigenvalue weighted by Gasteiger charge is -2.31. The maximum absolute atomic E-state index is 13.4. The number of nitrogens with two attached hydrogens (primary N) is 1. The first-order chi connectivity index (χ1) is 16.9. The molecule has 2 aliphatic rings. The molecule has 3 N–H and O–H groups in total. The van der Waals surface area contributed by atoms with Crippen molar-refractivity contribution in [3.8, 4) is 17.1 Å². The first-order valence-electron chi connectivity index (χ1n) is 12.0. The summed E-state index contributed by atoms with van der Waals surface area (Å²) in [7, 11) is 0. The average Bonchev–Trinajstić information content (AvgIpc) is 3.23. The van der Waals surface area contributed by atoms with Gasteiger partial charge in [0.2, 0.25) is 0 Å². The second-order valence-corrected chi connectivity index (χ2v) is 8.80. The van der Waals surface area contributed by atoms with Crippen LogP contribution in [0.15, 0.2) is 29.1 Å². The number of carbonyl (C=O) groups excluding carboxylic acids is 1. The predicted molar refractivity (Wildman–Crippen MR) is 129 cm³/mol. The molecule has 0 saturated heterocycles. The van der Waals surface area contributed by atoms with Gasteiger partial charge in [0.1, 0.15) is 19.0 Å². The monoisotopic (exact) mass is 479 g/mol. The Hall–Kier alpha value is -3.27. The molecule has 0 bridgehead atoms. The molecular formula is C26H29N3O6. The number of aromatic nitrogens is 2. The maximum atomic E-state index is 13.4. The van der Waals surface area contributed by atoms with Crippen LogP contribution in [0, 0.1) is 0 Å². The van der Waals surface area contributed by atoms with Gasteiger partial charge < -0.3 is 29.6 Å². The highest BCUT2D eigenvalue weighted by Crippen LogP contribution is 2.40. The zero-order valence-corrected chi connectivity index (χ0v) is 19.9. The van der Waals surface area contributed by atoms with Crippen molar-refractivity contribution in [2.75, 3.05) is 26.4 Å². The Morgan fingerprint density at radius 3 is 2.74 bits per heavy atom. The summed E-state index contributed by atoms with van der Waals surface area (Å²) in [4.78, 5) is 30.7.